The van der Waals surface area contributed by atoms with Crippen molar-refractivity contribution in [1.82, 2.24) is 4.90 Å². The van der Waals surface area contributed by atoms with Gasteiger partial charge in [-0.1, -0.05) is 33.1 Å². The van der Waals surface area contributed by atoms with Crippen LogP contribution in [0.15, 0.2) is 0 Å². The Hall–Kier alpha value is -0.0400. The first kappa shape index (κ1) is 13.4. The van der Waals surface area contributed by atoms with E-state index in [2.05, 4.69) is 32.8 Å². The topological polar surface area (TPSA) is 3.24 Å². The Morgan fingerprint density at radius 2 is 1.82 bits per heavy atom. The number of hydrogen-bond donors (Lipinski definition) is 0. The molecule has 1 heteroatoms. The SMILES string of the molecule is CN(C)CCCCCC1CCC2CC1C2(C)C. The summed E-state index contributed by atoms with van der Waals surface area (Å²) in [4.78, 5) is 2.31. The van der Waals surface area contributed by atoms with E-state index in [0.29, 0.717) is 5.41 Å². The molecule has 0 saturated heterocycles. The molecule has 3 saturated carbocycles. The summed E-state index contributed by atoms with van der Waals surface area (Å²) in [6.07, 6.45) is 10.4. The van der Waals surface area contributed by atoms with Gasteiger partial charge in [0.1, 0.15) is 0 Å². The molecule has 0 amide bonds. The zero-order chi connectivity index (χ0) is 12.5. The second-order valence-electron chi connectivity index (χ2n) is 7.35. The van der Waals surface area contributed by atoms with Crippen LogP contribution in [0.3, 0.4) is 0 Å². The molecule has 0 spiro atoms. The van der Waals surface area contributed by atoms with E-state index in [1.54, 1.807) is 6.42 Å². The van der Waals surface area contributed by atoms with E-state index in [1.165, 1.54) is 45.1 Å². The largest absolute Gasteiger partial charge is 0.309 e. The van der Waals surface area contributed by atoms with Crippen LogP contribution in [0.2, 0.25) is 0 Å². The zero-order valence-corrected chi connectivity index (χ0v) is 12.3. The number of hydrogen-bond acceptors (Lipinski definition) is 1. The van der Waals surface area contributed by atoms with Crippen LogP contribution < -0.4 is 0 Å². The molecule has 3 atom stereocenters. The lowest BCUT2D eigenvalue weighted by molar-refractivity contribution is -0.107. The fraction of sp³-hybridized carbons (Fsp3) is 1.00. The molecule has 0 aromatic carbocycles. The Morgan fingerprint density at radius 1 is 1.06 bits per heavy atom. The van der Waals surface area contributed by atoms with Crippen molar-refractivity contribution >= 4 is 0 Å². The van der Waals surface area contributed by atoms with Crippen molar-refractivity contribution in [2.45, 2.75) is 58.8 Å². The average molecular weight is 237 g/mol. The van der Waals surface area contributed by atoms with Crippen LogP contribution in [0.5, 0.6) is 0 Å². The summed E-state index contributed by atoms with van der Waals surface area (Å²) in [7, 11) is 4.36. The number of fused-ring (bicyclic) bond motifs is 2. The molecule has 0 aliphatic heterocycles. The van der Waals surface area contributed by atoms with Gasteiger partial charge in [-0.15, -0.1) is 0 Å². The molecule has 3 rings (SSSR count). The molecule has 0 radical (unpaired) electrons. The van der Waals surface area contributed by atoms with E-state index in [-0.39, 0.29) is 0 Å². The first-order chi connectivity index (χ1) is 8.01. The molecule has 0 heterocycles. The number of rotatable bonds is 6. The first-order valence-corrected chi connectivity index (χ1v) is 7.66. The Labute approximate surface area is 108 Å². The molecule has 3 unspecified atom stereocenters. The van der Waals surface area contributed by atoms with Gasteiger partial charge in [0.2, 0.25) is 0 Å². The lowest BCUT2D eigenvalue weighted by Gasteiger charge is -2.60. The van der Waals surface area contributed by atoms with Crippen LogP contribution in [0.25, 0.3) is 0 Å². The molecule has 3 aliphatic carbocycles. The number of nitrogens with zero attached hydrogens (tertiary/aromatic N) is 1. The van der Waals surface area contributed by atoms with Crippen LogP contribution in [-0.4, -0.2) is 25.5 Å². The quantitative estimate of drug-likeness (QED) is 0.626. The van der Waals surface area contributed by atoms with Gasteiger partial charge in [-0.25, -0.2) is 0 Å². The highest BCUT2D eigenvalue weighted by Gasteiger charge is 2.53. The summed E-state index contributed by atoms with van der Waals surface area (Å²) in [5.74, 6) is 3.20. The zero-order valence-electron chi connectivity index (χ0n) is 12.3. The molecule has 17 heavy (non-hydrogen) atoms. The van der Waals surface area contributed by atoms with E-state index in [9.17, 15) is 0 Å². The lowest BCUT2D eigenvalue weighted by atomic mass is 9.45. The van der Waals surface area contributed by atoms with Gasteiger partial charge in [0.15, 0.2) is 0 Å². The number of unbranched alkanes of at least 4 members (excludes halogenated alkanes) is 2. The third kappa shape index (κ3) is 2.86. The smallest absolute Gasteiger partial charge is 0.00248 e. The maximum atomic E-state index is 2.52. The van der Waals surface area contributed by atoms with Gasteiger partial charge < -0.3 is 4.90 Å². The van der Waals surface area contributed by atoms with Gasteiger partial charge in [-0.2, -0.15) is 0 Å². The fourth-order valence-corrected chi connectivity index (χ4v) is 4.32. The molecular weight excluding hydrogens is 206 g/mol. The van der Waals surface area contributed by atoms with Crippen LogP contribution >= 0.6 is 0 Å². The van der Waals surface area contributed by atoms with Crippen LogP contribution in [0.4, 0.5) is 0 Å². The molecule has 3 fully saturated rings. The Morgan fingerprint density at radius 3 is 2.41 bits per heavy atom. The highest BCUT2D eigenvalue weighted by Crippen LogP contribution is 2.62. The molecule has 2 bridgehead atoms. The summed E-state index contributed by atoms with van der Waals surface area (Å²) in [5.41, 5.74) is 0.687. The lowest BCUT2D eigenvalue weighted by Crippen LogP contribution is -2.52. The van der Waals surface area contributed by atoms with Gasteiger partial charge in [-0.05, 0) is 69.5 Å². The van der Waals surface area contributed by atoms with Crippen LogP contribution in [0, 0.1) is 23.2 Å². The fourth-order valence-electron chi connectivity index (χ4n) is 4.32. The third-order valence-electron chi connectivity index (χ3n) is 5.68. The van der Waals surface area contributed by atoms with Gasteiger partial charge in [-0.3, -0.25) is 0 Å². The average Bonchev–Trinajstić information content (AvgIpc) is 2.28. The molecular formula is C16H31N. The predicted molar refractivity (Wildman–Crippen MR) is 75.1 cm³/mol. The highest BCUT2D eigenvalue weighted by atomic mass is 15.0. The van der Waals surface area contributed by atoms with Crippen molar-refractivity contribution in [2.75, 3.05) is 20.6 Å². The maximum absolute atomic E-state index is 2.52. The summed E-state index contributed by atoms with van der Waals surface area (Å²) in [6.45, 7) is 6.30. The second kappa shape index (κ2) is 5.30. The molecule has 100 valence electrons. The van der Waals surface area contributed by atoms with Gasteiger partial charge in [0.25, 0.3) is 0 Å². The minimum atomic E-state index is 0.687. The van der Waals surface area contributed by atoms with Crippen molar-refractivity contribution in [3.8, 4) is 0 Å². The summed E-state index contributed by atoms with van der Waals surface area (Å²) in [5, 5.41) is 0. The van der Waals surface area contributed by atoms with Crippen molar-refractivity contribution in [3.05, 3.63) is 0 Å². The second-order valence-corrected chi connectivity index (χ2v) is 7.35. The molecule has 1 nitrogen and oxygen atoms in total. The van der Waals surface area contributed by atoms with Crippen LogP contribution in [0.1, 0.15) is 58.8 Å². The highest BCUT2D eigenvalue weighted by molar-refractivity contribution is 5.02. The molecule has 0 aromatic heterocycles. The Balaban J connectivity index is 1.63. The van der Waals surface area contributed by atoms with Crippen molar-refractivity contribution < 1.29 is 0 Å². The third-order valence-corrected chi connectivity index (χ3v) is 5.68. The van der Waals surface area contributed by atoms with E-state index in [1.807, 2.05) is 0 Å². The van der Waals surface area contributed by atoms with Gasteiger partial charge in [0, 0.05) is 0 Å². The van der Waals surface area contributed by atoms with E-state index >= 15 is 0 Å². The van der Waals surface area contributed by atoms with Crippen molar-refractivity contribution in [2.24, 2.45) is 23.2 Å². The Kier molecular flexibility index (Phi) is 4.18. The Bertz CT molecular complexity index is 242. The van der Waals surface area contributed by atoms with E-state index < -0.39 is 0 Å². The van der Waals surface area contributed by atoms with Crippen molar-refractivity contribution in [1.29, 1.82) is 0 Å². The monoisotopic (exact) mass is 237 g/mol. The van der Waals surface area contributed by atoms with E-state index in [0.717, 1.165) is 17.8 Å². The van der Waals surface area contributed by atoms with Crippen molar-refractivity contribution in [3.63, 3.8) is 0 Å². The van der Waals surface area contributed by atoms with Gasteiger partial charge in [0.05, 0.1) is 0 Å². The van der Waals surface area contributed by atoms with Crippen LogP contribution in [-0.2, 0) is 0 Å². The summed E-state index contributed by atoms with van der Waals surface area (Å²) in [6, 6.07) is 0. The molecule has 3 aliphatic rings. The summed E-state index contributed by atoms with van der Waals surface area (Å²) >= 11 is 0. The minimum absolute atomic E-state index is 0.687. The minimum Gasteiger partial charge on any atom is -0.309 e. The standard InChI is InChI=1S/C16H31N/c1-16(2)14-10-9-13(15(16)12-14)8-6-5-7-11-17(3)4/h13-15H,5-12H2,1-4H3. The molecule has 0 N–H and O–H groups in total. The predicted octanol–water partition coefficient (Wildman–Crippen LogP) is 4.18. The molecule has 0 aromatic rings. The van der Waals surface area contributed by atoms with Gasteiger partial charge >= 0.3 is 0 Å². The maximum Gasteiger partial charge on any atom is -0.00248 e. The summed E-state index contributed by atoms with van der Waals surface area (Å²) < 4.78 is 0. The van der Waals surface area contributed by atoms with E-state index in [4.69, 9.17) is 0 Å². The first-order valence-electron chi connectivity index (χ1n) is 7.66. The normalized spacial score (nSPS) is 34.8.